The van der Waals surface area contributed by atoms with E-state index < -0.39 is 53.3 Å². The van der Waals surface area contributed by atoms with Gasteiger partial charge in [-0.1, -0.05) is 62.4 Å². The van der Waals surface area contributed by atoms with Gasteiger partial charge in [-0.3, -0.25) is 24.2 Å². The van der Waals surface area contributed by atoms with E-state index in [4.69, 9.17) is 15.9 Å². The van der Waals surface area contributed by atoms with E-state index in [0.717, 1.165) is 11.1 Å². The van der Waals surface area contributed by atoms with Crippen LogP contribution in [0.15, 0.2) is 99.1 Å². The molecular formula is C37H43N7O6. The Morgan fingerprint density at radius 3 is 2.14 bits per heavy atom. The van der Waals surface area contributed by atoms with E-state index in [-0.39, 0.29) is 25.3 Å². The van der Waals surface area contributed by atoms with Gasteiger partial charge >= 0.3 is 5.63 Å². The Morgan fingerprint density at radius 1 is 0.800 bits per heavy atom. The lowest BCUT2D eigenvalue weighted by Gasteiger charge is -2.27. The molecule has 0 aliphatic carbocycles. The Balaban J connectivity index is 1.53. The predicted molar refractivity (Wildman–Crippen MR) is 192 cm³/mol. The van der Waals surface area contributed by atoms with Crippen molar-refractivity contribution in [1.82, 2.24) is 16.0 Å². The fraction of sp³-hybridized carbons (Fsp3) is 0.297. The molecule has 1 heterocycles. The molecule has 3 aromatic carbocycles. The standard InChI is InChI=1S/C37H43N7O6/c1-22(2)32(44-35(48)29(20-24-11-6-4-7-12-24)43-33(46)25-13-8-5-9-14-25)36(49)42-28(15-10-18-40-37(38)39)34(47)41-26-16-17-27-23(3)19-31(45)50-30(27)21-26/h4-9,11-14,16-17,19,21-22,28-29,32H,10,15,18,20H2,1-3H3,(H,41,47)(H,42,49)(H,43,46)(H,44,48)(H4,38,39,40)/t28-,29+,32+/m0/s1. The van der Waals surface area contributed by atoms with E-state index in [9.17, 15) is 24.0 Å². The summed E-state index contributed by atoms with van der Waals surface area (Å²) >= 11 is 0. The van der Waals surface area contributed by atoms with Gasteiger partial charge in [-0.25, -0.2) is 4.79 Å². The molecule has 13 heteroatoms. The molecule has 1 aromatic heterocycles. The van der Waals surface area contributed by atoms with Crippen LogP contribution < -0.4 is 38.4 Å². The van der Waals surface area contributed by atoms with Gasteiger partial charge in [0.05, 0.1) is 0 Å². The lowest BCUT2D eigenvalue weighted by molar-refractivity contribution is -0.132. The zero-order chi connectivity index (χ0) is 36.2. The van der Waals surface area contributed by atoms with E-state index in [0.29, 0.717) is 28.6 Å². The highest BCUT2D eigenvalue weighted by Crippen LogP contribution is 2.21. The van der Waals surface area contributed by atoms with Gasteiger partial charge in [0.1, 0.15) is 23.7 Å². The maximum atomic E-state index is 13.8. The normalized spacial score (nSPS) is 12.7. The fourth-order valence-corrected chi connectivity index (χ4v) is 5.34. The summed E-state index contributed by atoms with van der Waals surface area (Å²) in [6.45, 7) is 5.52. The highest BCUT2D eigenvalue weighted by molar-refractivity contribution is 6.01. The SMILES string of the molecule is Cc1cc(=O)oc2cc(NC(=O)[C@H](CCCN=C(N)N)NC(=O)[C@H](NC(=O)[C@@H](Cc3ccccc3)NC(=O)c3ccccc3)C(C)C)ccc12. The zero-order valence-electron chi connectivity index (χ0n) is 28.3. The average Bonchev–Trinajstić information content (AvgIpc) is 3.08. The van der Waals surface area contributed by atoms with Crippen molar-refractivity contribution in [2.75, 3.05) is 11.9 Å². The number of rotatable bonds is 15. The first-order chi connectivity index (χ1) is 23.9. The van der Waals surface area contributed by atoms with Crippen molar-refractivity contribution in [3.8, 4) is 0 Å². The van der Waals surface area contributed by atoms with Gasteiger partial charge in [0.2, 0.25) is 17.7 Å². The second kappa shape index (κ2) is 17.4. The number of nitrogens with zero attached hydrogens (tertiary/aromatic N) is 1. The quantitative estimate of drug-likeness (QED) is 0.0474. The maximum absolute atomic E-state index is 13.8. The smallest absolute Gasteiger partial charge is 0.336 e. The Kier molecular flexibility index (Phi) is 12.8. The number of benzene rings is 3. The van der Waals surface area contributed by atoms with Crippen molar-refractivity contribution in [3.05, 3.63) is 112 Å². The summed E-state index contributed by atoms with van der Waals surface area (Å²) in [7, 11) is 0. The van der Waals surface area contributed by atoms with Crippen LogP contribution in [0.3, 0.4) is 0 Å². The third-order valence-corrected chi connectivity index (χ3v) is 7.98. The average molecular weight is 682 g/mol. The van der Waals surface area contributed by atoms with E-state index in [1.165, 1.54) is 12.1 Å². The maximum Gasteiger partial charge on any atom is 0.336 e. The minimum atomic E-state index is -1.06. The number of hydrogen-bond donors (Lipinski definition) is 6. The second-order valence-electron chi connectivity index (χ2n) is 12.3. The molecule has 0 radical (unpaired) electrons. The number of nitrogens with one attached hydrogen (secondary N) is 4. The minimum Gasteiger partial charge on any atom is -0.423 e. The van der Waals surface area contributed by atoms with Crippen molar-refractivity contribution in [2.24, 2.45) is 22.4 Å². The molecule has 0 fully saturated rings. The third kappa shape index (κ3) is 10.5. The van der Waals surface area contributed by atoms with Crippen LogP contribution in [-0.2, 0) is 20.8 Å². The molecule has 0 saturated carbocycles. The second-order valence-corrected chi connectivity index (χ2v) is 12.3. The van der Waals surface area contributed by atoms with Crippen LogP contribution >= 0.6 is 0 Å². The summed E-state index contributed by atoms with van der Waals surface area (Å²) in [5, 5.41) is 11.9. The Morgan fingerprint density at radius 2 is 1.48 bits per heavy atom. The van der Waals surface area contributed by atoms with Crippen LogP contribution in [0.2, 0.25) is 0 Å². The summed E-state index contributed by atoms with van der Waals surface area (Å²) in [4.78, 5) is 70.1. The summed E-state index contributed by atoms with van der Waals surface area (Å²) < 4.78 is 5.31. The largest absolute Gasteiger partial charge is 0.423 e. The van der Waals surface area contributed by atoms with Crippen molar-refractivity contribution in [2.45, 2.75) is 58.2 Å². The number of guanidine groups is 1. The van der Waals surface area contributed by atoms with Gasteiger partial charge in [0, 0.05) is 41.7 Å². The van der Waals surface area contributed by atoms with Crippen molar-refractivity contribution < 1.29 is 23.6 Å². The summed E-state index contributed by atoms with van der Waals surface area (Å²) in [6.07, 6.45) is 0.697. The number of nitrogens with two attached hydrogens (primary N) is 2. The molecule has 262 valence electrons. The Bertz CT molecular complexity index is 1890. The number of anilines is 1. The number of fused-ring (bicyclic) bond motifs is 1. The number of amides is 4. The number of aliphatic imine (C=N–C) groups is 1. The first-order valence-electron chi connectivity index (χ1n) is 16.3. The van der Waals surface area contributed by atoms with Crippen LogP contribution in [0.25, 0.3) is 11.0 Å². The molecule has 0 bridgehead atoms. The van der Waals surface area contributed by atoms with E-state index in [2.05, 4.69) is 26.3 Å². The summed E-state index contributed by atoms with van der Waals surface area (Å²) in [5.41, 5.74) is 13.0. The molecule has 0 saturated heterocycles. The van der Waals surface area contributed by atoms with Gasteiger partial charge in [0.25, 0.3) is 5.91 Å². The summed E-state index contributed by atoms with van der Waals surface area (Å²) in [5.74, 6) is -2.62. The van der Waals surface area contributed by atoms with Gasteiger partial charge in [-0.05, 0) is 61.1 Å². The predicted octanol–water partition coefficient (Wildman–Crippen LogP) is 2.76. The summed E-state index contributed by atoms with van der Waals surface area (Å²) in [6, 6.07) is 20.9. The van der Waals surface area contributed by atoms with Crippen LogP contribution in [0.5, 0.6) is 0 Å². The molecule has 4 amide bonds. The van der Waals surface area contributed by atoms with Crippen LogP contribution in [-0.4, -0.2) is 54.3 Å². The van der Waals surface area contributed by atoms with Crippen molar-refractivity contribution in [1.29, 1.82) is 0 Å². The molecule has 4 aromatic rings. The molecule has 4 rings (SSSR count). The van der Waals surface area contributed by atoms with Crippen LogP contribution in [0.4, 0.5) is 5.69 Å². The molecule has 0 spiro atoms. The highest BCUT2D eigenvalue weighted by atomic mass is 16.4. The lowest BCUT2D eigenvalue weighted by atomic mass is 10.00. The molecule has 0 unspecified atom stereocenters. The van der Waals surface area contributed by atoms with E-state index >= 15 is 0 Å². The Labute approximate surface area is 289 Å². The lowest BCUT2D eigenvalue weighted by Crippen LogP contribution is -2.58. The first kappa shape index (κ1) is 36.8. The molecule has 8 N–H and O–H groups in total. The number of carbonyl (C=O) groups excluding carboxylic acids is 4. The minimum absolute atomic E-state index is 0.102. The molecule has 3 atom stereocenters. The van der Waals surface area contributed by atoms with E-state index in [1.807, 2.05) is 30.3 Å². The molecule has 0 aliphatic heterocycles. The zero-order valence-corrected chi connectivity index (χ0v) is 28.3. The van der Waals surface area contributed by atoms with Gasteiger partial charge < -0.3 is 37.2 Å². The molecule has 50 heavy (non-hydrogen) atoms. The topological polar surface area (TPSA) is 211 Å². The number of carbonyl (C=O) groups is 4. The van der Waals surface area contributed by atoms with Crippen molar-refractivity contribution in [3.63, 3.8) is 0 Å². The fourth-order valence-electron chi connectivity index (χ4n) is 5.34. The number of aryl methyl sites for hydroxylation is 1. The van der Waals surface area contributed by atoms with Crippen LogP contribution in [0, 0.1) is 12.8 Å². The van der Waals surface area contributed by atoms with Gasteiger partial charge in [-0.2, -0.15) is 0 Å². The number of hydrogen-bond acceptors (Lipinski definition) is 7. The highest BCUT2D eigenvalue weighted by Gasteiger charge is 2.32. The molecule has 0 aliphatic rings. The van der Waals surface area contributed by atoms with E-state index in [1.54, 1.807) is 63.2 Å². The van der Waals surface area contributed by atoms with Gasteiger partial charge in [-0.15, -0.1) is 0 Å². The molecule has 13 nitrogen and oxygen atoms in total. The van der Waals surface area contributed by atoms with Crippen molar-refractivity contribution >= 4 is 46.2 Å². The monoisotopic (exact) mass is 681 g/mol. The molecular weight excluding hydrogens is 638 g/mol. The van der Waals surface area contributed by atoms with Gasteiger partial charge in [0.15, 0.2) is 5.96 Å². The first-order valence-corrected chi connectivity index (χ1v) is 16.3. The van der Waals surface area contributed by atoms with Crippen LogP contribution in [0.1, 0.15) is 48.2 Å². The Hall–Kier alpha value is -5.98. The third-order valence-electron chi connectivity index (χ3n) is 7.98.